The van der Waals surface area contributed by atoms with Gasteiger partial charge in [-0.15, -0.1) is 0 Å². The quantitative estimate of drug-likeness (QED) is 0.343. The highest BCUT2D eigenvalue weighted by Gasteiger charge is 2.35. The minimum absolute atomic E-state index is 0.212. The van der Waals surface area contributed by atoms with Crippen LogP contribution in [0.2, 0.25) is 0 Å². The zero-order valence-corrected chi connectivity index (χ0v) is 14.9. The highest BCUT2D eigenvalue weighted by Crippen LogP contribution is 2.44. The third kappa shape index (κ3) is 1.66. The first-order valence-corrected chi connectivity index (χ1v) is 9.67. The summed E-state index contributed by atoms with van der Waals surface area (Å²) in [5.41, 5.74) is 9.98. The number of hydrogen-bond acceptors (Lipinski definition) is 0. The molecule has 2 heteroatoms. The van der Waals surface area contributed by atoms with Crippen molar-refractivity contribution < 1.29 is 0 Å². The third-order valence-corrected chi connectivity index (χ3v) is 6.43. The van der Waals surface area contributed by atoms with E-state index in [-0.39, 0.29) is 6.17 Å². The molecule has 0 bridgehead atoms. The van der Waals surface area contributed by atoms with Crippen LogP contribution in [0.25, 0.3) is 21.8 Å². The monoisotopic (exact) mass is 346 g/mol. The Morgan fingerprint density at radius 2 is 1.11 bits per heavy atom. The van der Waals surface area contributed by atoms with E-state index >= 15 is 0 Å². The Hall–Kier alpha value is -3.26. The minimum atomic E-state index is 0.212. The maximum absolute atomic E-state index is 2.58. The van der Waals surface area contributed by atoms with E-state index in [0.717, 1.165) is 12.8 Å². The lowest BCUT2D eigenvalue weighted by molar-refractivity contribution is 0.470. The maximum atomic E-state index is 2.58. The first-order valence-electron chi connectivity index (χ1n) is 9.67. The first kappa shape index (κ1) is 13.9. The lowest BCUT2D eigenvalue weighted by Gasteiger charge is -2.37. The van der Waals surface area contributed by atoms with Gasteiger partial charge in [-0.3, -0.25) is 0 Å². The molecule has 0 saturated heterocycles. The Morgan fingerprint density at radius 3 is 1.67 bits per heavy atom. The van der Waals surface area contributed by atoms with Gasteiger partial charge >= 0.3 is 0 Å². The number of nitrogens with zero attached hydrogens (tertiary/aromatic N) is 2. The zero-order valence-electron chi connectivity index (χ0n) is 14.9. The van der Waals surface area contributed by atoms with Gasteiger partial charge in [0, 0.05) is 29.8 Å². The van der Waals surface area contributed by atoms with E-state index in [1.54, 1.807) is 0 Å². The lowest BCUT2D eigenvalue weighted by Crippen LogP contribution is -2.31. The summed E-state index contributed by atoms with van der Waals surface area (Å²) < 4.78 is 5.16. The highest BCUT2D eigenvalue weighted by atomic mass is 15.2. The molecule has 128 valence electrons. The molecule has 0 radical (unpaired) electrons. The predicted molar refractivity (Wildman–Crippen MR) is 109 cm³/mol. The molecular formula is C25H18N2. The SMILES string of the molecule is c1cc2c3c(c1)Cc1cc4ccccc4n1C3n1c(cc3ccccc31)C2. The Balaban J connectivity index is 1.66. The van der Waals surface area contributed by atoms with Crippen LogP contribution in [0, 0.1) is 0 Å². The van der Waals surface area contributed by atoms with Crippen LogP contribution in [-0.4, -0.2) is 9.13 Å². The van der Waals surface area contributed by atoms with Crippen LogP contribution in [0.4, 0.5) is 0 Å². The molecule has 2 aliphatic heterocycles. The summed E-state index contributed by atoms with van der Waals surface area (Å²) in [6, 6.07) is 29.3. The van der Waals surface area contributed by atoms with Crippen LogP contribution in [0.5, 0.6) is 0 Å². The average molecular weight is 346 g/mol. The summed E-state index contributed by atoms with van der Waals surface area (Å²) in [6.07, 6.45) is 2.25. The van der Waals surface area contributed by atoms with Gasteiger partial charge in [0.05, 0.1) is 11.0 Å². The molecule has 0 fully saturated rings. The average Bonchev–Trinajstić information content (AvgIpc) is 3.25. The van der Waals surface area contributed by atoms with Gasteiger partial charge in [0.25, 0.3) is 0 Å². The van der Waals surface area contributed by atoms with Gasteiger partial charge in [-0.05, 0) is 46.2 Å². The molecule has 0 saturated carbocycles. The molecule has 5 aromatic rings. The largest absolute Gasteiger partial charge is 0.319 e. The van der Waals surface area contributed by atoms with Crippen LogP contribution < -0.4 is 0 Å². The Kier molecular flexibility index (Phi) is 2.42. The number of aromatic nitrogens is 2. The topological polar surface area (TPSA) is 9.86 Å². The van der Waals surface area contributed by atoms with Crippen molar-refractivity contribution in [1.29, 1.82) is 0 Å². The molecular weight excluding hydrogens is 328 g/mol. The van der Waals surface area contributed by atoms with Gasteiger partial charge in [-0.25, -0.2) is 0 Å². The van der Waals surface area contributed by atoms with Crippen molar-refractivity contribution in [2.75, 3.05) is 0 Å². The molecule has 7 rings (SSSR count). The van der Waals surface area contributed by atoms with Gasteiger partial charge in [-0.2, -0.15) is 0 Å². The Bertz CT molecular complexity index is 1280. The molecule has 2 aliphatic rings. The summed E-state index contributed by atoms with van der Waals surface area (Å²) in [5, 5.41) is 2.68. The Morgan fingerprint density at radius 1 is 0.593 bits per heavy atom. The van der Waals surface area contributed by atoms with Gasteiger partial charge in [0.15, 0.2) is 0 Å². The highest BCUT2D eigenvalue weighted by molar-refractivity contribution is 5.85. The van der Waals surface area contributed by atoms with Gasteiger partial charge in [0.1, 0.15) is 6.17 Å². The van der Waals surface area contributed by atoms with Gasteiger partial charge in [-0.1, -0.05) is 54.6 Å². The van der Waals surface area contributed by atoms with E-state index in [1.807, 2.05) is 0 Å². The predicted octanol–water partition coefficient (Wildman–Crippen LogP) is 5.50. The zero-order chi connectivity index (χ0) is 17.5. The molecule has 0 spiro atoms. The van der Waals surface area contributed by atoms with Crippen LogP contribution in [-0.2, 0) is 12.8 Å². The molecule has 3 aromatic carbocycles. The Labute approximate surface area is 157 Å². The van der Waals surface area contributed by atoms with Crippen molar-refractivity contribution in [2.45, 2.75) is 19.0 Å². The second-order valence-electron chi connectivity index (χ2n) is 7.85. The van der Waals surface area contributed by atoms with E-state index in [0.29, 0.717) is 0 Å². The molecule has 0 atom stereocenters. The van der Waals surface area contributed by atoms with Crippen LogP contribution in [0.15, 0.2) is 78.9 Å². The molecule has 4 heterocycles. The van der Waals surface area contributed by atoms with E-state index in [2.05, 4.69) is 88.0 Å². The second-order valence-corrected chi connectivity index (χ2v) is 7.85. The van der Waals surface area contributed by atoms with E-state index in [1.165, 1.54) is 49.9 Å². The number of benzene rings is 3. The summed E-state index contributed by atoms with van der Waals surface area (Å²) >= 11 is 0. The van der Waals surface area contributed by atoms with Gasteiger partial charge in [0.2, 0.25) is 0 Å². The number of para-hydroxylation sites is 2. The first-order chi connectivity index (χ1) is 13.4. The van der Waals surface area contributed by atoms with Crippen molar-refractivity contribution in [2.24, 2.45) is 0 Å². The molecule has 2 aromatic heterocycles. The standard InChI is InChI=1S/C25H18N2/c1-3-10-22-16(6-1)12-20-14-18-8-5-9-19-15-21-13-17-7-2-4-11-23(17)27(21)25(24(18)19)26(20)22/h1-13,25H,14-15H2. The second kappa shape index (κ2) is 4.72. The van der Waals surface area contributed by atoms with Crippen molar-refractivity contribution in [1.82, 2.24) is 9.13 Å². The fourth-order valence-electron chi connectivity index (χ4n) is 5.39. The maximum Gasteiger partial charge on any atom is 0.137 e. The van der Waals surface area contributed by atoms with Crippen LogP contribution in [0.1, 0.15) is 34.2 Å². The summed E-state index contributed by atoms with van der Waals surface area (Å²) in [5.74, 6) is 0. The van der Waals surface area contributed by atoms with Crippen LogP contribution >= 0.6 is 0 Å². The van der Waals surface area contributed by atoms with E-state index < -0.39 is 0 Å². The smallest absolute Gasteiger partial charge is 0.137 e. The van der Waals surface area contributed by atoms with Gasteiger partial charge < -0.3 is 9.13 Å². The molecule has 2 nitrogen and oxygen atoms in total. The van der Waals surface area contributed by atoms with Crippen molar-refractivity contribution >= 4 is 21.8 Å². The molecule has 0 unspecified atom stereocenters. The summed E-state index contributed by atoms with van der Waals surface area (Å²) in [7, 11) is 0. The molecule has 27 heavy (non-hydrogen) atoms. The van der Waals surface area contributed by atoms with Crippen molar-refractivity contribution in [3.8, 4) is 0 Å². The molecule has 0 N–H and O–H groups in total. The van der Waals surface area contributed by atoms with E-state index in [4.69, 9.17) is 0 Å². The van der Waals surface area contributed by atoms with Crippen molar-refractivity contribution in [3.05, 3.63) is 107 Å². The number of hydrogen-bond donors (Lipinski definition) is 0. The molecule has 0 amide bonds. The fraction of sp³-hybridized carbons (Fsp3) is 0.120. The number of rotatable bonds is 0. The normalized spacial score (nSPS) is 15.0. The lowest BCUT2D eigenvalue weighted by atomic mass is 9.88. The summed E-state index contributed by atoms with van der Waals surface area (Å²) in [6.45, 7) is 0. The van der Waals surface area contributed by atoms with Crippen LogP contribution in [0.3, 0.4) is 0 Å². The molecule has 0 aliphatic carbocycles. The van der Waals surface area contributed by atoms with E-state index in [9.17, 15) is 0 Å². The summed E-state index contributed by atoms with van der Waals surface area (Å²) in [4.78, 5) is 0. The minimum Gasteiger partial charge on any atom is -0.319 e. The number of fused-ring (bicyclic) bond motifs is 8. The van der Waals surface area contributed by atoms with Crippen molar-refractivity contribution in [3.63, 3.8) is 0 Å². The fourth-order valence-corrected chi connectivity index (χ4v) is 5.39. The third-order valence-electron chi connectivity index (χ3n) is 6.43.